The van der Waals surface area contributed by atoms with Crippen molar-refractivity contribution in [1.82, 2.24) is 10.2 Å². The van der Waals surface area contributed by atoms with E-state index in [0.717, 1.165) is 49.4 Å². The smallest absolute Gasteiger partial charge is 0.305 e. The Labute approximate surface area is 140 Å². The van der Waals surface area contributed by atoms with Gasteiger partial charge in [-0.25, -0.2) is 0 Å². The summed E-state index contributed by atoms with van der Waals surface area (Å²) >= 11 is 0. The number of nitrogens with zero attached hydrogens (tertiary/aromatic N) is 2. The van der Waals surface area contributed by atoms with Crippen molar-refractivity contribution in [1.29, 1.82) is 0 Å². The lowest BCUT2D eigenvalue weighted by Gasteiger charge is -2.22. The average Bonchev–Trinajstić information content (AvgIpc) is 3.07. The van der Waals surface area contributed by atoms with Crippen molar-refractivity contribution in [2.45, 2.75) is 50.5 Å². The fraction of sp³-hybridized carbons (Fsp3) is 0.750. The number of aliphatic carboxylic acids is 1. The number of nitrogens with one attached hydrogen (secondary N) is 1. The van der Waals surface area contributed by atoms with Crippen LogP contribution < -0.4 is 5.32 Å². The highest BCUT2D eigenvalue weighted by molar-refractivity contribution is 6.10. The van der Waals surface area contributed by atoms with Gasteiger partial charge in [-0.05, 0) is 44.7 Å². The van der Waals surface area contributed by atoms with Gasteiger partial charge in [0, 0.05) is 13.0 Å². The maximum absolute atomic E-state index is 12.5. The summed E-state index contributed by atoms with van der Waals surface area (Å²) in [6, 6.07) is 0. The van der Waals surface area contributed by atoms with E-state index in [1.165, 1.54) is 0 Å². The molecule has 0 saturated carbocycles. The Kier molecular flexibility index (Phi) is 4.84. The highest BCUT2D eigenvalue weighted by Gasteiger charge is 2.57. The van der Waals surface area contributed by atoms with Crippen molar-refractivity contribution >= 4 is 23.5 Å². The molecule has 0 aromatic rings. The number of amides is 2. The van der Waals surface area contributed by atoms with Crippen molar-refractivity contribution in [3.05, 3.63) is 0 Å². The lowest BCUT2D eigenvalue weighted by Crippen LogP contribution is -2.41. The molecule has 2 fully saturated rings. The van der Waals surface area contributed by atoms with E-state index in [1.807, 2.05) is 0 Å². The number of carboxylic acid groups (broad SMARTS) is 1. The van der Waals surface area contributed by atoms with Crippen LogP contribution >= 0.6 is 0 Å². The minimum Gasteiger partial charge on any atom is -0.481 e. The Bertz CT molecular complexity index is 570. The molecule has 2 saturated heterocycles. The molecule has 3 rings (SSSR count). The highest BCUT2D eigenvalue weighted by atomic mass is 16.7. The second-order valence-corrected chi connectivity index (χ2v) is 6.82. The number of carbonyl (C=O) groups excluding carboxylic acids is 2. The largest absolute Gasteiger partial charge is 0.481 e. The van der Waals surface area contributed by atoms with E-state index in [-0.39, 0.29) is 25.3 Å². The van der Waals surface area contributed by atoms with Gasteiger partial charge >= 0.3 is 5.97 Å². The van der Waals surface area contributed by atoms with E-state index in [2.05, 4.69) is 10.5 Å². The highest BCUT2D eigenvalue weighted by Crippen LogP contribution is 2.37. The lowest BCUT2D eigenvalue weighted by molar-refractivity contribution is -0.148. The molecule has 0 aliphatic carbocycles. The van der Waals surface area contributed by atoms with Gasteiger partial charge < -0.3 is 15.3 Å². The fourth-order valence-electron chi connectivity index (χ4n) is 3.64. The van der Waals surface area contributed by atoms with E-state index in [9.17, 15) is 14.4 Å². The molecule has 8 nitrogen and oxygen atoms in total. The Balaban J connectivity index is 1.53. The normalized spacial score (nSPS) is 27.7. The van der Waals surface area contributed by atoms with Crippen LogP contribution in [0, 0.1) is 5.92 Å². The molecule has 0 unspecified atom stereocenters. The van der Waals surface area contributed by atoms with Crippen LogP contribution in [0.25, 0.3) is 0 Å². The van der Waals surface area contributed by atoms with E-state index in [0.29, 0.717) is 12.3 Å². The first-order valence-electron chi connectivity index (χ1n) is 8.51. The van der Waals surface area contributed by atoms with Crippen LogP contribution in [0.3, 0.4) is 0 Å². The number of oxime groups is 1. The van der Waals surface area contributed by atoms with E-state index >= 15 is 0 Å². The van der Waals surface area contributed by atoms with Gasteiger partial charge in [0.15, 0.2) is 0 Å². The molecule has 0 aromatic carbocycles. The predicted octanol–water partition coefficient (Wildman–Crippen LogP) is 0.515. The van der Waals surface area contributed by atoms with E-state index in [1.54, 1.807) is 0 Å². The predicted molar refractivity (Wildman–Crippen MR) is 84.3 cm³/mol. The minimum atomic E-state index is -1.22. The summed E-state index contributed by atoms with van der Waals surface area (Å²) in [5, 5.41) is 16.1. The molecule has 132 valence electrons. The summed E-state index contributed by atoms with van der Waals surface area (Å²) in [7, 11) is 0. The number of likely N-dealkylation sites (tertiary alicyclic amines) is 1. The number of hydrogen-bond donors (Lipinski definition) is 2. The van der Waals surface area contributed by atoms with Crippen LogP contribution in [0.2, 0.25) is 0 Å². The molecule has 1 spiro atoms. The van der Waals surface area contributed by atoms with Crippen molar-refractivity contribution < 1.29 is 24.3 Å². The van der Waals surface area contributed by atoms with Gasteiger partial charge in [0.05, 0.1) is 18.6 Å². The zero-order valence-corrected chi connectivity index (χ0v) is 13.6. The number of rotatable bonds is 6. The summed E-state index contributed by atoms with van der Waals surface area (Å²) in [6.45, 7) is 1.98. The quantitative estimate of drug-likeness (QED) is 0.684. The molecule has 24 heavy (non-hydrogen) atoms. The third kappa shape index (κ3) is 3.43. The summed E-state index contributed by atoms with van der Waals surface area (Å²) in [5.74, 6) is -1.20. The minimum absolute atomic E-state index is 0.0498. The molecular formula is C16H23N3O5. The topological polar surface area (TPSA) is 108 Å². The SMILES string of the molecule is O=C(O)CCN1C(=O)C[C@@]2(CC(CCC3CCNCC3)=NO2)C1=O. The Hall–Kier alpha value is -1.96. The second kappa shape index (κ2) is 6.88. The first-order chi connectivity index (χ1) is 11.5. The van der Waals surface area contributed by atoms with E-state index < -0.39 is 17.5 Å². The summed E-state index contributed by atoms with van der Waals surface area (Å²) in [4.78, 5) is 41.6. The van der Waals surface area contributed by atoms with Gasteiger partial charge in [-0.2, -0.15) is 0 Å². The monoisotopic (exact) mass is 337 g/mol. The summed E-state index contributed by atoms with van der Waals surface area (Å²) < 4.78 is 0. The summed E-state index contributed by atoms with van der Waals surface area (Å²) in [5.41, 5.74) is -0.395. The van der Waals surface area contributed by atoms with Crippen LogP contribution in [-0.2, 0) is 19.2 Å². The first kappa shape index (κ1) is 16.9. The molecule has 2 N–H and O–H groups in total. The van der Waals surface area contributed by atoms with Crippen molar-refractivity contribution in [3.63, 3.8) is 0 Å². The van der Waals surface area contributed by atoms with E-state index in [4.69, 9.17) is 9.94 Å². The van der Waals surface area contributed by atoms with Crippen LogP contribution in [-0.4, -0.2) is 58.7 Å². The fourth-order valence-corrected chi connectivity index (χ4v) is 3.64. The molecule has 3 heterocycles. The molecule has 1 atom stereocenters. The lowest BCUT2D eigenvalue weighted by atomic mass is 9.89. The average molecular weight is 337 g/mol. The maximum Gasteiger partial charge on any atom is 0.305 e. The molecule has 3 aliphatic rings. The maximum atomic E-state index is 12.5. The number of piperidine rings is 1. The molecular weight excluding hydrogens is 314 g/mol. The molecule has 2 amide bonds. The van der Waals surface area contributed by atoms with Crippen molar-refractivity contribution in [3.8, 4) is 0 Å². The Morgan fingerprint density at radius 2 is 2.08 bits per heavy atom. The zero-order valence-electron chi connectivity index (χ0n) is 13.6. The van der Waals surface area contributed by atoms with Gasteiger partial charge in [0.1, 0.15) is 0 Å². The first-order valence-corrected chi connectivity index (χ1v) is 8.51. The number of imide groups is 1. The van der Waals surface area contributed by atoms with Gasteiger partial charge in [-0.1, -0.05) is 5.16 Å². The van der Waals surface area contributed by atoms with Gasteiger partial charge in [0.2, 0.25) is 11.5 Å². The van der Waals surface area contributed by atoms with Gasteiger partial charge in [-0.3, -0.25) is 19.3 Å². The van der Waals surface area contributed by atoms with Gasteiger partial charge in [0.25, 0.3) is 5.91 Å². The summed E-state index contributed by atoms with van der Waals surface area (Å²) in [6.07, 6.45) is 4.14. The van der Waals surface area contributed by atoms with Crippen LogP contribution in [0.15, 0.2) is 5.16 Å². The van der Waals surface area contributed by atoms with Gasteiger partial charge in [-0.15, -0.1) is 0 Å². The standard InChI is InChI=1S/C16H23N3O5/c20-13-10-16(15(23)19(13)8-5-14(21)22)9-12(18-24-16)2-1-11-3-6-17-7-4-11/h11,17H,1-10H2,(H,21,22)/t16-/m0/s1. The number of carboxylic acids is 1. The molecule has 3 aliphatic heterocycles. The molecule has 0 radical (unpaired) electrons. The number of hydrogen-bond acceptors (Lipinski definition) is 6. The second-order valence-electron chi connectivity index (χ2n) is 6.82. The molecule has 8 heteroatoms. The third-order valence-electron chi connectivity index (χ3n) is 5.06. The van der Waals surface area contributed by atoms with Crippen LogP contribution in [0.1, 0.15) is 44.9 Å². The molecule has 0 bridgehead atoms. The third-order valence-corrected chi connectivity index (χ3v) is 5.06. The number of carbonyl (C=O) groups is 3. The van der Waals surface area contributed by atoms with Crippen molar-refractivity contribution in [2.24, 2.45) is 11.1 Å². The molecule has 0 aromatic heterocycles. The Morgan fingerprint density at radius 3 is 2.79 bits per heavy atom. The van der Waals surface area contributed by atoms with Crippen LogP contribution in [0.5, 0.6) is 0 Å². The Morgan fingerprint density at radius 1 is 1.33 bits per heavy atom. The van der Waals surface area contributed by atoms with Crippen molar-refractivity contribution in [2.75, 3.05) is 19.6 Å². The van der Waals surface area contributed by atoms with Crippen LogP contribution in [0.4, 0.5) is 0 Å². The zero-order chi connectivity index (χ0) is 17.2.